The molecule has 0 saturated heterocycles. The van der Waals surface area contributed by atoms with Crippen molar-refractivity contribution in [3.8, 4) is 5.75 Å². The second-order valence-electron chi connectivity index (χ2n) is 2.90. The van der Waals surface area contributed by atoms with E-state index in [1.54, 1.807) is 0 Å². The van der Waals surface area contributed by atoms with Gasteiger partial charge in [0.2, 0.25) is 11.7 Å². The lowest BCUT2D eigenvalue weighted by Crippen LogP contribution is -2.24. The summed E-state index contributed by atoms with van der Waals surface area (Å²) in [5, 5.41) is 21.3. The normalized spacial score (nSPS) is 9.47. The second kappa shape index (κ2) is 4.88. The predicted octanol–water partition coefficient (Wildman–Crippen LogP) is 0.933. The van der Waals surface area contributed by atoms with E-state index in [-0.39, 0.29) is 0 Å². The highest BCUT2D eigenvalue weighted by Crippen LogP contribution is 2.35. The number of carbonyl (C=O) groups is 1. The molecule has 0 fully saturated rings. The molecule has 0 spiro atoms. The monoisotopic (exact) mass is 241 g/mol. The molecule has 0 aliphatic heterocycles. The molecule has 0 unspecified atom stereocenters. The fraction of sp³-hybridized carbons (Fsp3) is 0.125. The molecular formula is C8H7N3O6. The van der Waals surface area contributed by atoms with Crippen molar-refractivity contribution in [2.45, 2.75) is 6.92 Å². The zero-order valence-corrected chi connectivity index (χ0v) is 8.58. The van der Waals surface area contributed by atoms with Crippen LogP contribution in [0.25, 0.3) is 0 Å². The number of hydrogen-bond acceptors (Lipinski definition) is 6. The van der Waals surface area contributed by atoms with E-state index in [4.69, 9.17) is 0 Å². The van der Waals surface area contributed by atoms with Crippen LogP contribution in [0.2, 0.25) is 0 Å². The van der Waals surface area contributed by atoms with Crippen LogP contribution in [0.3, 0.4) is 0 Å². The molecule has 1 aromatic carbocycles. The van der Waals surface area contributed by atoms with Gasteiger partial charge in [-0.1, -0.05) is 6.07 Å². The molecule has 0 atom stereocenters. The molecule has 0 aliphatic rings. The standard InChI is InChI=1S/C8H7N3O6/c1-5(12)9-17-7-4-2-3-6(10(13)14)8(7)11(15)16/h2-4H,1H3,(H,9,12). The molecular weight excluding hydrogens is 234 g/mol. The fourth-order valence-electron chi connectivity index (χ4n) is 1.05. The van der Waals surface area contributed by atoms with Crippen LogP contribution in [-0.4, -0.2) is 15.8 Å². The smallest absolute Gasteiger partial charge is 0.372 e. The Balaban J connectivity index is 3.20. The van der Waals surface area contributed by atoms with Gasteiger partial charge in [-0.15, -0.1) is 0 Å². The molecule has 0 heterocycles. The van der Waals surface area contributed by atoms with Crippen molar-refractivity contribution in [3.05, 3.63) is 38.4 Å². The third kappa shape index (κ3) is 2.87. The highest BCUT2D eigenvalue weighted by molar-refractivity contribution is 5.72. The third-order valence-electron chi connectivity index (χ3n) is 1.66. The van der Waals surface area contributed by atoms with Gasteiger partial charge in [-0.05, 0) is 6.07 Å². The molecule has 9 nitrogen and oxygen atoms in total. The number of nitro groups is 2. The number of nitro benzene ring substituents is 2. The topological polar surface area (TPSA) is 125 Å². The van der Waals surface area contributed by atoms with Gasteiger partial charge in [0.25, 0.3) is 0 Å². The highest BCUT2D eigenvalue weighted by Gasteiger charge is 2.29. The number of hydrogen-bond donors (Lipinski definition) is 1. The molecule has 1 rings (SSSR count). The van der Waals surface area contributed by atoms with Crippen LogP contribution >= 0.6 is 0 Å². The van der Waals surface area contributed by atoms with Crippen molar-refractivity contribution >= 4 is 17.3 Å². The number of nitrogens with zero attached hydrogens (tertiary/aromatic N) is 2. The maximum Gasteiger partial charge on any atom is 0.390 e. The molecule has 1 aromatic rings. The van der Waals surface area contributed by atoms with Gasteiger partial charge in [-0.25, -0.2) is 0 Å². The molecule has 0 saturated carbocycles. The lowest BCUT2D eigenvalue weighted by Gasteiger charge is -2.04. The quantitative estimate of drug-likeness (QED) is 0.617. The highest BCUT2D eigenvalue weighted by atomic mass is 16.7. The van der Waals surface area contributed by atoms with Crippen molar-refractivity contribution in [1.29, 1.82) is 0 Å². The van der Waals surface area contributed by atoms with Crippen molar-refractivity contribution in [1.82, 2.24) is 5.48 Å². The SMILES string of the molecule is CC(=O)NOc1cccc([N+](=O)[O-])c1[N+](=O)[O-]. The first-order chi connectivity index (χ1) is 7.93. The predicted molar refractivity (Wildman–Crippen MR) is 54.2 cm³/mol. The summed E-state index contributed by atoms with van der Waals surface area (Å²) in [7, 11) is 0. The Bertz CT molecular complexity index is 486. The molecule has 1 amide bonds. The zero-order valence-electron chi connectivity index (χ0n) is 8.58. The molecule has 9 heteroatoms. The molecule has 0 radical (unpaired) electrons. The molecule has 0 aliphatic carbocycles. The fourth-order valence-corrected chi connectivity index (χ4v) is 1.05. The summed E-state index contributed by atoms with van der Waals surface area (Å²) in [5.74, 6) is -0.995. The van der Waals surface area contributed by atoms with E-state index in [1.807, 2.05) is 5.48 Å². The number of amides is 1. The number of carbonyl (C=O) groups excluding carboxylic acids is 1. The Hall–Kier alpha value is -2.71. The minimum absolute atomic E-state index is 0.403. The van der Waals surface area contributed by atoms with Crippen molar-refractivity contribution in [2.75, 3.05) is 0 Å². The number of benzene rings is 1. The average molecular weight is 241 g/mol. The summed E-state index contributed by atoms with van der Waals surface area (Å²) in [5.41, 5.74) is 0.333. The van der Waals surface area contributed by atoms with E-state index in [0.29, 0.717) is 0 Å². The number of nitrogens with one attached hydrogen (secondary N) is 1. The zero-order chi connectivity index (χ0) is 13.0. The summed E-state index contributed by atoms with van der Waals surface area (Å²) in [4.78, 5) is 34.6. The van der Waals surface area contributed by atoms with Gasteiger partial charge < -0.3 is 4.84 Å². The first-order valence-corrected chi connectivity index (χ1v) is 4.28. The van der Waals surface area contributed by atoms with Crippen LogP contribution in [0.1, 0.15) is 6.92 Å². The van der Waals surface area contributed by atoms with Crippen molar-refractivity contribution in [3.63, 3.8) is 0 Å². The lowest BCUT2D eigenvalue weighted by molar-refractivity contribution is -0.423. The molecule has 90 valence electrons. The van der Waals surface area contributed by atoms with E-state index in [9.17, 15) is 25.0 Å². The summed E-state index contributed by atoms with van der Waals surface area (Å²) >= 11 is 0. The Labute approximate surface area is 94.2 Å². The van der Waals surface area contributed by atoms with Crippen molar-refractivity contribution in [2.24, 2.45) is 0 Å². The van der Waals surface area contributed by atoms with E-state index >= 15 is 0 Å². The van der Waals surface area contributed by atoms with E-state index < -0.39 is 32.9 Å². The summed E-state index contributed by atoms with van der Waals surface area (Å²) in [6.45, 7) is 1.13. The molecule has 0 bridgehead atoms. The average Bonchev–Trinajstić information content (AvgIpc) is 2.25. The third-order valence-corrected chi connectivity index (χ3v) is 1.66. The molecule has 1 N–H and O–H groups in total. The number of rotatable bonds is 4. The minimum Gasteiger partial charge on any atom is -0.372 e. The van der Waals surface area contributed by atoms with Gasteiger partial charge in [-0.2, -0.15) is 5.48 Å². The summed E-state index contributed by atoms with van der Waals surface area (Å²) in [6.07, 6.45) is 0. The second-order valence-corrected chi connectivity index (χ2v) is 2.90. The van der Waals surface area contributed by atoms with Gasteiger partial charge in [-0.3, -0.25) is 25.0 Å². The van der Waals surface area contributed by atoms with Crippen LogP contribution < -0.4 is 10.3 Å². The van der Waals surface area contributed by atoms with Gasteiger partial charge >= 0.3 is 11.4 Å². The summed E-state index contributed by atoms with van der Waals surface area (Å²) < 4.78 is 0. The summed E-state index contributed by atoms with van der Waals surface area (Å²) in [6, 6.07) is 3.32. The first kappa shape index (κ1) is 12.4. The van der Waals surface area contributed by atoms with Gasteiger partial charge in [0, 0.05) is 13.0 Å². The number of para-hydroxylation sites is 1. The molecule has 0 aromatic heterocycles. The lowest BCUT2D eigenvalue weighted by atomic mass is 10.2. The Morgan fingerprint density at radius 1 is 1.29 bits per heavy atom. The largest absolute Gasteiger partial charge is 0.390 e. The Morgan fingerprint density at radius 2 is 1.94 bits per heavy atom. The van der Waals surface area contributed by atoms with Crippen LogP contribution in [0.5, 0.6) is 5.75 Å². The first-order valence-electron chi connectivity index (χ1n) is 4.28. The minimum atomic E-state index is -0.949. The van der Waals surface area contributed by atoms with E-state index in [1.165, 1.54) is 6.07 Å². The van der Waals surface area contributed by atoms with Crippen LogP contribution in [-0.2, 0) is 4.79 Å². The van der Waals surface area contributed by atoms with Crippen molar-refractivity contribution < 1.29 is 19.5 Å². The number of hydroxylamine groups is 1. The maximum atomic E-state index is 10.7. The maximum absolute atomic E-state index is 10.7. The molecule has 17 heavy (non-hydrogen) atoms. The van der Waals surface area contributed by atoms with Crippen LogP contribution in [0.15, 0.2) is 18.2 Å². The Morgan fingerprint density at radius 3 is 2.41 bits per heavy atom. The van der Waals surface area contributed by atoms with Gasteiger partial charge in [0.05, 0.1) is 9.85 Å². The van der Waals surface area contributed by atoms with Crippen LogP contribution in [0.4, 0.5) is 11.4 Å². The Kier molecular flexibility index (Phi) is 3.55. The van der Waals surface area contributed by atoms with Crippen LogP contribution in [0, 0.1) is 20.2 Å². The van der Waals surface area contributed by atoms with Gasteiger partial charge in [0.15, 0.2) is 0 Å². The van der Waals surface area contributed by atoms with E-state index in [2.05, 4.69) is 4.84 Å². The van der Waals surface area contributed by atoms with E-state index in [0.717, 1.165) is 19.1 Å². The van der Waals surface area contributed by atoms with Gasteiger partial charge in [0.1, 0.15) is 0 Å².